The van der Waals surface area contributed by atoms with Crippen molar-refractivity contribution in [2.75, 3.05) is 43.0 Å². The molecule has 2 aliphatic heterocycles. The van der Waals surface area contributed by atoms with Crippen LogP contribution in [0, 0.1) is 5.92 Å². The molecule has 0 aliphatic carbocycles. The van der Waals surface area contributed by atoms with Gasteiger partial charge in [0.25, 0.3) is 0 Å². The molecule has 2 saturated heterocycles. The Labute approximate surface area is 144 Å². The zero-order valence-electron chi connectivity index (χ0n) is 15.1. The van der Waals surface area contributed by atoms with Gasteiger partial charge in [-0.1, -0.05) is 6.92 Å². The van der Waals surface area contributed by atoms with Crippen LogP contribution in [0.1, 0.15) is 39.5 Å². The van der Waals surface area contributed by atoms with Crippen LogP contribution in [0.2, 0.25) is 0 Å². The van der Waals surface area contributed by atoms with Gasteiger partial charge >= 0.3 is 0 Å². The third kappa shape index (κ3) is 3.79. The van der Waals surface area contributed by atoms with E-state index in [0.29, 0.717) is 6.04 Å². The molecule has 0 aromatic carbocycles. The zero-order chi connectivity index (χ0) is 17.1. The third-order valence-electron chi connectivity index (χ3n) is 5.45. The van der Waals surface area contributed by atoms with E-state index in [-0.39, 0.29) is 5.91 Å². The average molecular weight is 331 g/mol. The maximum Gasteiger partial charge on any atom is 0.219 e. The van der Waals surface area contributed by atoms with Crippen LogP contribution in [0.3, 0.4) is 0 Å². The molecule has 0 bridgehead atoms. The standard InChI is InChI=1S/C18H29N5O/c1-14-5-4-8-23(12-14)18-11-17(19-13-20-18)22-9-6-16(7-10-22)21(3)15(2)24/h11,13-14,16H,4-10,12H2,1-3H3. The number of hydrogen-bond donors (Lipinski definition) is 0. The number of hydrogen-bond acceptors (Lipinski definition) is 5. The molecule has 0 N–H and O–H groups in total. The van der Waals surface area contributed by atoms with Gasteiger partial charge < -0.3 is 14.7 Å². The normalized spacial score (nSPS) is 22.5. The lowest BCUT2D eigenvalue weighted by Crippen LogP contribution is -2.45. The number of anilines is 2. The lowest BCUT2D eigenvalue weighted by molar-refractivity contribution is -0.129. The van der Waals surface area contributed by atoms with Crippen molar-refractivity contribution in [3.8, 4) is 0 Å². The first-order chi connectivity index (χ1) is 11.5. The molecular weight excluding hydrogens is 302 g/mol. The van der Waals surface area contributed by atoms with Gasteiger partial charge in [-0.2, -0.15) is 0 Å². The molecule has 0 saturated carbocycles. The molecule has 6 nitrogen and oxygen atoms in total. The molecule has 3 rings (SSSR count). The van der Waals surface area contributed by atoms with Gasteiger partial charge in [-0.15, -0.1) is 0 Å². The van der Waals surface area contributed by atoms with Crippen LogP contribution in [-0.2, 0) is 4.79 Å². The van der Waals surface area contributed by atoms with Crippen molar-refractivity contribution in [3.05, 3.63) is 12.4 Å². The summed E-state index contributed by atoms with van der Waals surface area (Å²) in [5.41, 5.74) is 0. The van der Waals surface area contributed by atoms with E-state index in [1.165, 1.54) is 12.8 Å². The number of carbonyl (C=O) groups is 1. The van der Waals surface area contributed by atoms with Crippen LogP contribution in [-0.4, -0.2) is 60.0 Å². The summed E-state index contributed by atoms with van der Waals surface area (Å²) in [6.07, 6.45) is 6.24. The molecule has 24 heavy (non-hydrogen) atoms. The fourth-order valence-electron chi connectivity index (χ4n) is 3.82. The smallest absolute Gasteiger partial charge is 0.219 e. The van der Waals surface area contributed by atoms with Gasteiger partial charge in [-0.3, -0.25) is 4.79 Å². The minimum Gasteiger partial charge on any atom is -0.356 e. The highest BCUT2D eigenvalue weighted by atomic mass is 16.2. The van der Waals surface area contributed by atoms with Gasteiger partial charge in [0.2, 0.25) is 5.91 Å². The van der Waals surface area contributed by atoms with E-state index in [1.807, 2.05) is 11.9 Å². The van der Waals surface area contributed by atoms with E-state index in [4.69, 9.17) is 0 Å². The van der Waals surface area contributed by atoms with Crippen molar-refractivity contribution < 1.29 is 4.79 Å². The minimum absolute atomic E-state index is 0.150. The van der Waals surface area contributed by atoms with E-state index >= 15 is 0 Å². The molecular formula is C18H29N5O. The minimum atomic E-state index is 0.150. The van der Waals surface area contributed by atoms with Gasteiger partial charge in [0.1, 0.15) is 18.0 Å². The molecule has 1 aromatic rings. The lowest BCUT2D eigenvalue weighted by atomic mass is 10.0. The lowest BCUT2D eigenvalue weighted by Gasteiger charge is -2.37. The van der Waals surface area contributed by atoms with E-state index in [1.54, 1.807) is 13.3 Å². The summed E-state index contributed by atoms with van der Waals surface area (Å²) in [6.45, 7) is 8.01. The summed E-state index contributed by atoms with van der Waals surface area (Å²) in [6, 6.07) is 2.48. The number of carbonyl (C=O) groups excluding carboxylic acids is 1. The monoisotopic (exact) mass is 331 g/mol. The Morgan fingerprint density at radius 3 is 2.42 bits per heavy atom. The van der Waals surface area contributed by atoms with E-state index < -0.39 is 0 Å². The Hall–Kier alpha value is -1.85. The second kappa shape index (κ2) is 7.36. The highest BCUT2D eigenvalue weighted by molar-refractivity contribution is 5.73. The van der Waals surface area contributed by atoms with Crippen LogP contribution in [0.5, 0.6) is 0 Å². The summed E-state index contributed by atoms with van der Waals surface area (Å²) >= 11 is 0. The number of rotatable bonds is 3. The molecule has 6 heteroatoms. The van der Waals surface area contributed by atoms with Gasteiger partial charge in [-0.25, -0.2) is 9.97 Å². The fourth-order valence-corrected chi connectivity index (χ4v) is 3.82. The van der Waals surface area contributed by atoms with Crippen molar-refractivity contribution in [1.82, 2.24) is 14.9 Å². The second-order valence-corrected chi connectivity index (χ2v) is 7.28. The Morgan fingerprint density at radius 2 is 1.79 bits per heavy atom. The van der Waals surface area contributed by atoms with Crippen molar-refractivity contribution in [2.45, 2.75) is 45.6 Å². The summed E-state index contributed by atoms with van der Waals surface area (Å²) in [5.74, 6) is 2.95. The first kappa shape index (κ1) is 17.0. The molecule has 1 unspecified atom stereocenters. The fraction of sp³-hybridized carbons (Fsp3) is 0.722. The predicted molar refractivity (Wildman–Crippen MR) is 96.3 cm³/mol. The third-order valence-corrected chi connectivity index (χ3v) is 5.45. The van der Waals surface area contributed by atoms with E-state index in [0.717, 1.165) is 56.6 Å². The van der Waals surface area contributed by atoms with Gasteiger partial charge in [-0.05, 0) is 31.6 Å². The topological polar surface area (TPSA) is 52.6 Å². The summed E-state index contributed by atoms with van der Waals surface area (Å²) < 4.78 is 0. The maximum atomic E-state index is 11.5. The van der Waals surface area contributed by atoms with Crippen molar-refractivity contribution in [2.24, 2.45) is 5.92 Å². The van der Waals surface area contributed by atoms with Crippen LogP contribution in [0.4, 0.5) is 11.6 Å². The van der Waals surface area contributed by atoms with Crippen molar-refractivity contribution in [1.29, 1.82) is 0 Å². The van der Waals surface area contributed by atoms with Crippen LogP contribution in [0.25, 0.3) is 0 Å². The molecule has 0 spiro atoms. The first-order valence-electron chi connectivity index (χ1n) is 9.10. The first-order valence-corrected chi connectivity index (χ1v) is 9.10. The predicted octanol–water partition coefficient (Wildman–Crippen LogP) is 2.16. The number of piperidine rings is 2. The molecule has 0 radical (unpaired) electrons. The largest absolute Gasteiger partial charge is 0.356 e. The Kier molecular flexibility index (Phi) is 5.21. The molecule has 1 amide bonds. The van der Waals surface area contributed by atoms with Crippen LogP contribution < -0.4 is 9.80 Å². The molecule has 2 aliphatic rings. The second-order valence-electron chi connectivity index (χ2n) is 7.28. The summed E-state index contributed by atoms with van der Waals surface area (Å²) in [5, 5.41) is 0. The number of aromatic nitrogens is 2. The molecule has 3 heterocycles. The van der Waals surface area contributed by atoms with Crippen molar-refractivity contribution >= 4 is 17.5 Å². The summed E-state index contributed by atoms with van der Waals surface area (Å²) in [4.78, 5) is 27.1. The quantitative estimate of drug-likeness (QED) is 0.849. The van der Waals surface area contributed by atoms with Crippen molar-refractivity contribution in [3.63, 3.8) is 0 Å². The van der Waals surface area contributed by atoms with E-state index in [9.17, 15) is 4.79 Å². The van der Waals surface area contributed by atoms with Crippen LogP contribution in [0.15, 0.2) is 12.4 Å². The van der Waals surface area contributed by atoms with Gasteiger partial charge in [0, 0.05) is 52.3 Å². The molecule has 132 valence electrons. The summed E-state index contributed by atoms with van der Waals surface area (Å²) in [7, 11) is 1.91. The van der Waals surface area contributed by atoms with E-state index in [2.05, 4.69) is 32.8 Å². The maximum absolute atomic E-state index is 11.5. The molecule has 1 atom stereocenters. The van der Waals surface area contributed by atoms with Crippen LogP contribution >= 0.6 is 0 Å². The highest BCUT2D eigenvalue weighted by Gasteiger charge is 2.25. The SMILES string of the molecule is CC(=O)N(C)C1CCN(c2cc(N3CCCC(C)C3)ncn2)CC1. The molecule has 1 aromatic heterocycles. The Morgan fingerprint density at radius 1 is 1.12 bits per heavy atom. The average Bonchev–Trinajstić information content (AvgIpc) is 2.61. The number of amides is 1. The number of nitrogens with zero attached hydrogens (tertiary/aromatic N) is 5. The van der Waals surface area contributed by atoms with Gasteiger partial charge in [0.05, 0.1) is 0 Å². The Balaban J connectivity index is 1.64. The zero-order valence-corrected chi connectivity index (χ0v) is 15.1. The Bertz CT molecular complexity index is 570. The van der Waals surface area contributed by atoms with Gasteiger partial charge in [0.15, 0.2) is 0 Å². The molecule has 2 fully saturated rings. The highest BCUT2D eigenvalue weighted by Crippen LogP contribution is 2.25.